The van der Waals surface area contributed by atoms with E-state index in [4.69, 9.17) is 46.6 Å². The summed E-state index contributed by atoms with van der Waals surface area (Å²) in [5.74, 6) is 2.68. The predicted octanol–water partition coefficient (Wildman–Crippen LogP) is 33.6. The van der Waals surface area contributed by atoms with Gasteiger partial charge in [0.1, 0.15) is 90.7 Å². The average Bonchev–Trinajstić information content (AvgIpc) is 1.64. The van der Waals surface area contributed by atoms with Gasteiger partial charge in [-0.05, 0) is 258 Å². The third-order valence-electron chi connectivity index (χ3n) is 26.2. The number of ether oxygens (including phenoxy) is 1. The summed E-state index contributed by atoms with van der Waals surface area (Å²) in [5, 5.41) is 45.9. The Hall–Kier alpha value is -16.2. The van der Waals surface area contributed by atoms with Gasteiger partial charge in [0.05, 0.1) is 52.6 Å². The van der Waals surface area contributed by atoms with Gasteiger partial charge in [-0.25, -0.2) is 34.0 Å². The van der Waals surface area contributed by atoms with Crippen molar-refractivity contribution in [3.05, 3.63) is 271 Å². The van der Waals surface area contributed by atoms with Gasteiger partial charge in [0.25, 0.3) is 0 Å². The number of halogens is 4. The fourth-order valence-corrected chi connectivity index (χ4v) is 17.8. The fraction of sp³-hybridized carbons (Fsp3) is 0.283. The van der Waals surface area contributed by atoms with Gasteiger partial charge in [0.15, 0.2) is 28.0 Å². The molecule has 8 aromatic heterocycles. The van der Waals surface area contributed by atoms with E-state index in [9.17, 15) is 42.8 Å². The Morgan fingerprint density at radius 3 is 0.864 bits per heavy atom. The van der Waals surface area contributed by atoms with E-state index in [1.165, 1.54) is 137 Å². The van der Waals surface area contributed by atoms with Crippen LogP contribution in [0.1, 0.15) is 174 Å². The Morgan fingerprint density at radius 2 is 0.585 bits per heavy atom. The summed E-state index contributed by atoms with van der Waals surface area (Å²) in [5.41, 5.74) is 15.8. The summed E-state index contributed by atoms with van der Waals surface area (Å²) in [6, 6.07) is 71.9. The second-order valence-corrected chi connectivity index (χ2v) is 36.8. The number of aromatic nitrogens is 4. The average molecular weight is 1990 g/mol. The Bertz CT molecular complexity index is 7950. The molecule has 20 rings (SSSR count). The fourth-order valence-electron chi connectivity index (χ4n) is 17.8. The first-order valence-corrected chi connectivity index (χ1v) is 50.7. The highest BCUT2D eigenvalue weighted by atomic mass is 19.4. The minimum Gasteiger partial charge on any atom is -0.507 e. The van der Waals surface area contributed by atoms with Crippen LogP contribution in [0.2, 0.25) is 0 Å². The van der Waals surface area contributed by atoms with Crippen LogP contribution in [0.3, 0.4) is 0 Å². The highest BCUT2D eigenvalue weighted by Gasteiger charge is 2.32. The molecule has 0 atom stereocenters. The molecular formula is C120H119F4N9O14. The zero-order chi connectivity index (χ0) is 103. The van der Waals surface area contributed by atoms with Crippen molar-refractivity contribution in [1.82, 2.24) is 19.9 Å². The van der Waals surface area contributed by atoms with E-state index in [-0.39, 0.29) is 63.2 Å². The maximum Gasteiger partial charge on any atom is 0.416 e. The van der Waals surface area contributed by atoms with Gasteiger partial charge in [-0.3, -0.25) is 0 Å². The summed E-state index contributed by atoms with van der Waals surface area (Å²) in [7, 11) is 1.33. The molecule has 27 heteroatoms. The van der Waals surface area contributed by atoms with E-state index >= 15 is 0 Å². The number of phenols is 4. The number of rotatable bonds is 37. The second-order valence-electron chi connectivity index (χ2n) is 36.8. The Kier molecular flexibility index (Phi) is 32.4. The molecule has 8 heterocycles. The summed E-state index contributed by atoms with van der Waals surface area (Å²) < 4.78 is 105. The van der Waals surface area contributed by atoms with Crippen molar-refractivity contribution in [3.63, 3.8) is 0 Å². The number of esters is 1. The molecule has 0 spiro atoms. The number of furan rings is 4. The third kappa shape index (κ3) is 23.9. The number of alkyl halides is 3. The van der Waals surface area contributed by atoms with Crippen LogP contribution in [-0.4, -0.2) is 106 Å². The number of aromatic hydroxyl groups is 4. The lowest BCUT2D eigenvalue weighted by atomic mass is 10.1. The molecule has 0 aliphatic rings. The Morgan fingerprint density at radius 1 is 0.320 bits per heavy atom. The van der Waals surface area contributed by atoms with Gasteiger partial charge < -0.3 is 80.1 Å². The normalized spacial score (nSPS) is 11.5. The molecule has 23 nitrogen and oxygen atoms in total. The van der Waals surface area contributed by atoms with Crippen LogP contribution in [0.15, 0.2) is 278 Å². The molecule has 0 amide bonds. The molecule has 12 aromatic carbocycles. The van der Waals surface area contributed by atoms with Crippen LogP contribution in [0, 0.1) is 12.4 Å². The van der Waals surface area contributed by atoms with E-state index < -0.39 is 17.7 Å². The van der Waals surface area contributed by atoms with Crippen molar-refractivity contribution in [2.24, 2.45) is 0 Å². The minimum absolute atomic E-state index is 0.00372. The molecule has 147 heavy (non-hydrogen) atoms. The molecule has 0 unspecified atom stereocenters. The lowest BCUT2D eigenvalue weighted by Crippen LogP contribution is -2.25. The highest BCUT2D eigenvalue weighted by molar-refractivity contribution is 5.97. The number of hydrogen-bond acceptors (Lipinski definition) is 22. The number of carbonyl (C=O) groups excluding carboxylic acids is 1. The molecular weight excluding hydrogens is 1870 g/mol. The molecule has 0 fully saturated rings. The van der Waals surface area contributed by atoms with Crippen molar-refractivity contribution in [2.75, 3.05) is 79.1 Å². The molecule has 4 N–H and O–H groups in total. The molecule has 0 aliphatic carbocycles. The van der Waals surface area contributed by atoms with E-state index in [2.05, 4.69) is 185 Å². The molecule has 0 saturated heterocycles. The van der Waals surface area contributed by atoms with Crippen LogP contribution in [0.25, 0.3) is 184 Å². The topological polar surface area (TPSA) is 281 Å². The first-order chi connectivity index (χ1) is 71.4. The molecule has 0 bridgehead atoms. The summed E-state index contributed by atoms with van der Waals surface area (Å²) in [6.07, 6.45) is 14.2. The maximum absolute atomic E-state index is 13.5. The number of phenolic OH excluding ortho intramolecular Hbond substituents is 4. The van der Waals surface area contributed by atoms with E-state index in [1.807, 2.05) is 42.5 Å². The number of anilines is 4. The van der Waals surface area contributed by atoms with E-state index in [0.29, 0.717) is 101 Å². The lowest BCUT2D eigenvalue weighted by molar-refractivity contribution is -0.137. The summed E-state index contributed by atoms with van der Waals surface area (Å²) in [6.45, 7) is 33.3. The number of unbranched alkanes of at least 4 members (excludes halogenated alkanes) is 8. The second kappa shape index (κ2) is 46.6. The van der Waals surface area contributed by atoms with E-state index in [0.717, 1.165) is 146 Å². The first-order valence-electron chi connectivity index (χ1n) is 50.7. The van der Waals surface area contributed by atoms with Crippen molar-refractivity contribution in [3.8, 4) is 114 Å². The maximum atomic E-state index is 13.5. The van der Waals surface area contributed by atoms with Crippen molar-refractivity contribution < 1.29 is 82.9 Å². The highest BCUT2D eigenvalue weighted by Crippen LogP contribution is 2.46. The quantitative estimate of drug-likeness (QED) is 0.0160. The number of hydrogen-bond donors (Lipinski definition) is 4. The summed E-state index contributed by atoms with van der Waals surface area (Å²) in [4.78, 5) is 42.6. The van der Waals surface area contributed by atoms with E-state index in [1.54, 1.807) is 72.8 Å². The van der Waals surface area contributed by atoms with Crippen LogP contribution >= 0.6 is 0 Å². The number of oxazole rings is 4. The van der Waals surface area contributed by atoms with Crippen molar-refractivity contribution in [2.45, 2.75) is 164 Å². The van der Waals surface area contributed by atoms with Gasteiger partial charge >= 0.3 is 12.1 Å². The molecule has 0 radical (unpaired) electrons. The largest absolute Gasteiger partial charge is 0.507 e. The molecule has 20 aromatic rings. The smallest absolute Gasteiger partial charge is 0.416 e. The number of nitrogens with zero attached hydrogens (tertiary/aromatic N) is 9. The predicted molar refractivity (Wildman–Crippen MR) is 576 cm³/mol. The first kappa shape index (κ1) is 102. The van der Waals surface area contributed by atoms with Gasteiger partial charge in [-0.2, -0.15) is 13.2 Å². The van der Waals surface area contributed by atoms with Gasteiger partial charge in [0, 0.05) is 149 Å². The zero-order valence-electron chi connectivity index (χ0n) is 84.0. The van der Waals surface area contributed by atoms with Crippen molar-refractivity contribution >= 4 is 123 Å². The Balaban J connectivity index is 0.000000134. The van der Waals surface area contributed by atoms with Crippen LogP contribution in [0.5, 0.6) is 23.0 Å². The van der Waals surface area contributed by atoms with Crippen LogP contribution in [0.4, 0.5) is 46.0 Å². The van der Waals surface area contributed by atoms with Gasteiger partial charge in [-0.15, -0.1) is 0 Å². The monoisotopic (exact) mass is 1990 g/mol. The van der Waals surface area contributed by atoms with Gasteiger partial charge in [0.2, 0.25) is 23.6 Å². The summed E-state index contributed by atoms with van der Waals surface area (Å²) >= 11 is 0. The third-order valence-corrected chi connectivity index (χ3v) is 26.2. The number of fused-ring (bicyclic) bond motifs is 8. The number of methoxy groups -OCH3 is 1. The minimum atomic E-state index is -4.48. The van der Waals surface area contributed by atoms with Crippen LogP contribution < -0.4 is 19.6 Å². The molecule has 756 valence electrons. The number of benzene rings is 12. The number of carbonyl (C=O) groups is 1. The standard InChI is InChI=1S/C31H32N2O5.C30H29F3N2O3.C30H29N3O3.C29H29FN2O3/c1-4-6-14-33(15-7-5-2)23-11-8-20(9-12-23)28-18-22-16-24(26(34)19-29(22)37-28)30-32-25-17-21(31(35)36-3)10-13-27(25)38-30;1-3-5-13-35(14-6-4-2)22-10-7-19(8-11-22)27-16-20-15-23(25(36)18-28(20)37-27)29-34-24-17-21(30(31,32)33)9-12-26(24)38-29;1-4-6-14-33(15-7-5-2)23-11-8-20(9-12-23)28-17-21-16-24(26(34)19-29(21)35-28)30-32-25-18-22(31-3)10-13-27(25)36-30;1-3-5-13-32(14-6-4-2)22-10-7-19(8-11-22)27-16-20-15-23(25(33)18-28(20)34-27)29-31-24-17-21(30)9-12-26(24)35-29/h8-13,16-19,34H,4-7,14-15H2,1-3H3;7-12,15-18,36H,3-6,13-14H2,1-2H3;8-13,16-19,34H,4-7,14-15H2,1-2H3;7-12,15-18,33H,3-6,13-14H2,1-2H3. The zero-order valence-corrected chi connectivity index (χ0v) is 84.0. The lowest BCUT2D eigenvalue weighted by Gasteiger charge is -2.24. The molecule has 0 aliphatic heterocycles. The van der Waals surface area contributed by atoms with Gasteiger partial charge in [-0.1, -0.05) is 113 Å². The molecule has 0 saturated carbocycles. The van der Waals surface area contributed by atoms with Crippen LogP contribution in [-0.2, 0) is 10.9 Å². The Labute approximate surface area is 849 Å². The van der Waals surface area contributed by atoms with Crippen molar-refractivity contribution in [1.29, 1.82) is 0 Å². The SMILES string of the molecule is CCCCN(CCCC)c1ccc(-c2cc3cc(-c4nc5cc(C(=O)OC)ccc5o4)c(O)cc3o2)cc1.CCCCN(CCCC)c1ccc(-c2cc3cc(-c4nc5cc(C(F)(F)F)ccc5o4)c(O)cc3o2)cc1.CCCCN(CCCC)c1ccc(-c2cc3cc(-c4nc5cc(F)ccc5o4)c(O)cc3o2)cc1.[C-]#[N+]c1ccc2oc(-c3cc4cc(-c5ccc(N(CCCC)CCCC)cc5)oc4cc3O)nc2c1.